The van der Waals surface area contributed by atoms with Gasteiger partial charge >= 0.3 is 12.0 Å². The van der Waals surface area contributed by atoms with Crippen molar-refractivity contribution in [2.75, 3.05) is 13.1 Å². The predicted octanol–water partition coefficient (Wildman–Crippen LogP) is 1.61. The van der Waals surface area contributed by atoms with E-state index in [0.717, 1.165) is 37.3 Å². The van der Waals surface area contributed by atoms with Crippen molar-refractivity contribution in [3.63, 3.8) is 0 Å². The summed E-state index contributed by atoms with van der Waals surface area (Å²) in [5.74, 6) is 1.58. The molecule has 1 aromatic heterocycles. The lowest BCUT2D eigenvalue weighted by Crippen LogP contribution is -2.48. The van der Waals surface area contributed by atoms with Gasteiger partial charge in [0.2, 0.25) is 0 Å². The molecule has 3 heterocycles. The maximum absolute atomic E-state index is 12.8. The molecular formula is C18H27N5O3. The third kappa shape index (κ3) is 2.66. The minimum atomic E-state index is -0.747. The zero-order chi connectivity index (χ0) is 18.5. The summed E-state index contributed by atoms with van der Waals surface area (Å²) in [6, 6.07) is -0.0997. The average Bonchev–Trinajstić information content (AvgIpc) is 3.26. The number of hydrogen-bond donors (Lipinski definition) is 2. The number of nitrogens with zero attached hydrogens (tertiary/aromatic N) is 4. The maximum Gasteiger partial charge on any atom is 0.317 e. The normalized spacial score (nSPS) is 30.3. The van der Waals surface area contributed by atoms with Crippen LogP contribution in [0.5, 0.6) is 0 Å². The Morgan fingerprint density at radius 1 is 1.27 bits per heavy atom. The van der Waals surface area contributed by atoms with Gasteiger partial charge in [0.05, 0.1) is 5.41 Å². The molecule has 1 unspecified atom stereocenters. The molecule has 142 valence electrons. The molecule has 2 aliphatic heterocycles. The molecule has 8 heteroatoms. The quantitative estimate of drug-likeness (QED) is 0.852. The van der Waals surface area contributed by atoms with E-state index in [-0.39, 0.29) is 18.0 Å². The van der Waals surface area contributed by atoms with Crippen LogP contribution in [0.25, 0.3) is 0 Å². The number of carboxylic acids is 1. The fourth-order valence-electron chi connectivity index (χ4n) is 4.95. The Morgan fingerprint density at radius 3 is 2.77 bits per heavy atom. The SMILES string of the molecule is CC(C)c1nnc2n1CC(NC(=O)N1C[C@@H]3CCC[C@@]3(C(=O)O)C1)CC2. The van der Waals surface area contributed by atoms with Crippen LogP contribution in [0.3, 0.4) is 0 Å². The van der Waals surface area contributed by atoms with Gasteiger partial charge in [0, 0.05) is 38.0 Å². The fraction of sp³-hybridized carbons (Fsp3) is 0.778. The number of aliphatic carboxylic acids is 1. The summed E-state index contributed by atoms with van der Waals surface area (Å²) < 4.78 is 2.12. The van der Waals surface area contributed by atoms with Gasteiger partial charge in [-0.05, 0) is 25.2 Å². The number of nitrogens with one attached hydrogen (secondary N) is 1. The zero-order valence-electron chi connectivity index (χ0n) is 15.4. The van der Waals surface area contributed by atoms with Gasteiger partial charge in [0.25, 0.3) is 0 Å². The van der Waals surface area contributed by atoms with Crippen molar-refractivity contribution in [3.8, 4) is 0 Å². The van der Waals surface area contributed by atoms with Crippen molar-refractivity contribution < 1.29 is 14.7 Å². The van der Waals surface area contributed by atoms with Crippen LogP contribution < -0.4 is 5.32 Å². The first-order chi connectivity index (χ1) is 12.4. The van der Waals surface area contributed by atoms with Crippen molar-refractivity contribution in [3.05, 3.63) is 11.6 Å². The second-order valence-electron chi connectivity index (χ2n) is 8.36. The Hall–Kier alpha value is -2.12. The number of likely N-dealkylation sites (tertiary alicyclic amines) is 1. The summed E-state index contributed by atoms with van der Waals surface area (Å²) in [5.41, 5.74) is -0.726. The summed E-state index contributed by atoms with van der Waals surface area (Å²) >= 11 is 0. The van der Waals surface area contributed by atoms with Gasteiger partial charge in [-0.25, -0.2) is 4.79 Å². The van der Waals surface area contributed by atoms with E-state index in [4.69, 9.17) is 0 Å². The lowest BCUT2D eigenvalue weighted by atomic mass is 9.81. The first-order valence-corrected chi connectivity index (χ1v) is 9.61. The molecule has 3 atom stereocenters. The largest absolute Gasteiger partial charge is 0.481 e. The molecule has 1 aromatic rings. The fourth-order valence-corrected chi connectivity index (χ4v) is 4.95. The Morgan fingerprint density at radius 2 is 2.08 bits per heavy atom. The summed E-state index contributed by atoms with van der Waals surface area (Å²) in [6.45, 7) is 5.76. The van der Waals surface area contributed by atoms with Gasteiger partial charge in [-0.2, -0.15) is 0 Å². The number of carbonyl (C=O) groups excluding carboxylic acids is 1. The molecule has 2 amide bonds. The number of urea groups is 1. The lowest BCUT2D eigenvalue weighted by Gasteiger charge is -2.28. The van der Waals surface area contributed by atoms with E-state index in [1.807, 2.05) is 0 Å². The third-order valence-electron chi connectivity index (χ3n) is 6.40. The van der Waals surface area contributed by atoms with Gasteiger partial charge in [-0.15, -0.1) is 10.2 Å². The first-order valence-electron chi connectivity index (χ1n) is 9.61. The molecule has 2 N–H and O–H groups in total. The molecule has 0 radical (unpaired) electrons. The molecule has 0 spiro atoms. The van der Waals surface area contributed by atoms with Gasteiger partial charge in [0.1, 0.15) is 11.6 Å². The highest BCUT2D eigenvalue weighted by Gasteiger charge is 2.55. The highest BCUT2D eigenvalue weighted by molar-refractivity contribution is 5.80. The number of amides is 2. The van der Waals surface area contributed by atoms with E-state index in [0.29, 0.717) is 32.0 Å². The molecule has 3 aliphatic rings. The lowest BCUT2D eigenvalue weighted by molar-refractivity contribution is -0.149. The number of aryl methyl sites for hydroxylation is 1. The van der Waals surface area contributed by atoms with Crippen LogP contribution in [0.15, 0.2) is 0 Å². The Balaban J connectivity index is 1.42. The predicted molar refractivity (Wildman–Crippen MR) is 93.7 cm³/mol. The smallest absolute Gasteiger partial charge is 0.317 e. The summed E-state index contributed by atoms with van der Waals surface area (Å²) in [5, 5.41) is 21.3. The maximum atomic E-state index is 12.8. The second kappa shape index (κ2) is 6.25. The van der Waals surface area contributed by atoms with E-state index in [9.17, 15) is 14.7 Å². The summed E-state index contributed by atoms with van der Waals surface area (Å²) in [6.07, 6.45) is 4.17. The van der Waals surface area contributed by atoms with Crippen molar-refractivity contribution >= 4 is 12.0 Å². The van der Waals surface area contributed by atoms with Crippen LogP contribution in [0.1, 0.15) is 57.1 Å². The van der Waals surface area contributed by atoms with Crippen LogP contribution in [-0.2, 0) is 17.8 Å². The van der Waals surface area contributed by atoms with Crippen LogP contribution in [0.4, 0.5) is 4.79 Å². The highest BCUT2D eigenvalue weighted by atomic mass is 16.4. The molecule has 26 heavy (non-hydrogen) atoms. The van der Waals surface area contributed by atoms with Crippen molar-refractivity contribution in [1.82, 2.24) is 25.0 Å². The first kappa shape index (κ1) is 17.3. The molecule has 4 rings (SSSR count). The van der Waals surface area contributed by atoms with Crippen molar-refractivity contribution in [2.45, 2.75) is 64.5 Å². The molecule has 1 saturated heterocycles. The number of aromatic nitrogens is 3. The molecule has 1 saturated carbocycles. The van der Waals surface area contributed by atoms with Gasteiger partial charge < -0.3 is 19.9 Å². The van der Waals surface area contributed by atoms with Gasteiger partial charge in [-0.1, -0.05) is 20.3 Å². The standard InChI is InChI=1S/C18H27N5O3/c1-11(2)15-21-20-14-6-5-13(9-23(14)15)19-17(26)22-8-12-4-3-7-18(12,10-22)16(24)25/h11-13H,3-10H2,1-2H3,(H,19,26)(H,24,25)/t12-,13?,18+/m0/s1. The number of fused-ring (bicyclic) bond motifs is 2. The van der Waals surface area contributed by atoms with Crippen LogP contribution in [0, 0.1) is 11.3 Å². The molecule has 2 fully saturated rings. The number of carboxylic acid groups (broad SMARTS) is 1. The van der Waals surface area contributed by atoms with Crippen LogP contribution in [-0.4, -0.2) is 55.9 Å². The summed E-state index contributed by atoms with van der Waals surface area (Å²) in [4.78, 5) is 26.3. The zero-order valence-corrected chi connectivity index (χ0v) is 15.4. The molecule has 8 nitrogen and oxygen atoms in total. The third-order valence-corrected chi connectivity index (χ3v) is 6.40. The molecule has 0 bridgehead atoms. The minimum Gasteiger partial charge on any atom is -0.481 e. The Bertz CT molecular complexity index is 730. The van der Waals surface area contributed by atoms with E-state index >= 15 is 0 Å². The summed E-state index contributed by atoms with van der Waals surface area (Å²) in [7, 11) is 0. The van der Waals surface area contributed by atoms with E-state index in [1.165, 1.54) is 0 Å². The van der Waals surface area contributed by atoms with E-state index in [2.05, 4.69) is 33.9 Å². The number of hydrogen-bond acceptors (Lipinski definition) is 4. The monoisotopic (exact) mass is 361 g/mol. The number of rotatable bonds is 3. The second-order valence-corrected chi connectivity index (χ2v) is 8.36. The van der Waals surface area contributed by atoms with Crippen molar-refractivity contribution in [1.29, 1.82) is 0 Å². The number of carbonyl (C=O) groups is 2. The average molecular weight is 361 g/mol. The molecular weight excluding hydrogens is 334 g/mol. The van der Waals surface area contributed by atoms with Crippen LogP contribution in [0.2, 0.25) is 0 Å². The van der Waals surface area contributed by atoms with Crippen LogP contribution >= 0.6 is 0 Å². The Labute approximate surface area is 153 Å². The molecule has 1 aliphatic carbocycles. The van der Waals surface area contributed by atoms with Gasteiger partial charge in [-0.3, -0.25) is 4.79 Å². The minimum absolute atomic E-state index is 0.0321. The molecule has 0 aromatic carbocycles. The topological polar surface area (TPSA) is 100 Å². The van der Waals surface area contributed by atoms with E-state index in [1.54, 1.807) is 4.90 Å². The van der Waals surface area contributed by atoms with E-state index < -0.39 is 11.4 Å². The van der Waals surface area contributed by atoms with Gasteiger partial charge in [0.15, 0.2) is 0 Å². The van der Waals surface area contributed by atoms with Crippen molar-refractivity contribution in [2.24, 2.45) is 11.3 Å². The highest BCUT2D eigenvalue weighted by Crippen LogP contribution is 2.48. The Kier molecular flexibility index (Phi) is 4.16.